The second kappa shape index (κ2) is 4.41. The maximum absolute atomic E-state index is 5.04. The first-order chi connectivity index (χ1) is 7.42. The average Bonchev–Trinajstić information content (AvgIpc) is 2.31. The van der Waals surface area contributed by atoms with E-state index in [1.54, 1.807) is 18.3 Å². The van der Waals surface area contributed by atoms with E-state index in [9.17, 15) is 0 Å². The highest BCUT2D eigenvalue weighted by Gasteiger charge is 2.13. The topological polar surface area (TPSA) is 44.2 Å². The molecule has 76 valence electrons. The molecule has 0 fully saturated rings. The molecule has 0 spiro atoms. The lowest BCUT2D eigenvalue weighted by Crippen LogP contribution is -2.01. The molecule has 1 aliphatic rings. The van der Waals surface area contributed by atoms with Crippen LogP contribution in [0.15, 0.2) is 49.1 Å². The number of hydrogen-bond donors (Lipinski definition) is 0. The van der Waals surface area contributed by atoms with Gasteiger partial charge in [-0.3, -0.25) is 9.78 Å². The van der Waals surface area contributed by atoms with Gasteiger partial charge in [-0.05, 0) is 18.2 Å². The highest BCUT2D eigenvalue weighted by atomic mass is 17.2. The monoisotopic (exact) mass is 202 g/mol. The summed E-state index contributed by atoms with van der Waals surface area (Å²) < 4.78 is 0. The molecule has 2 heterocycles. The second-order valence-electron chi connectivity index (χ2n) is 2.92. The third-order valence-electron chi connectivity index (χ3n) is 1.92. The molecular weight excluding hydrogens is 192 g/mol. The quantitative estimate of drug-likeness (QED) is 0.557. The average molecular weight is 202 g/mol. The van der Waals surface area contributed by atoms with Crippen LogP contribution in [-0.2, 0) is 9.78 Å². The van der Waals surface area contributed by atoms with Crippen LogP contribution in [0, 0.1) is 0 Å². The molecule has 0 atom stereocenters. The lowest BCUT2D eigenvalue weighted by molar-refractivity contribution is -0.214. The summed E-state index contributed by atoms with van der Waals surface area (Å²) in [5.74, 6) is 0.688. The van der Waals surface area contributed by atoms with Crippen molar-refractivity contribution in [3.63, 3.8) is 0 Å². The fourth-order valence-electron chi connectivity index (χ4n) is 1.27. The minimum Gasteiger partial charge on any atom is -0.298 e. The maximum atomic E-state index is 5.04. The van der Waals surface area contributed by atoms with Gasteiger partial charge >= 0.3 is 0 Å². The maximum Gasteiger partial charge on any atom is 0.168 e. The van der Waals surface area contributed by atoms with Crippen LogP contribution in [0.25, 0.3) is 5.57 Å². The van der Waals surface area contributed by atoms with Crippen LogP contribution in [0.2, 0.25) is 0 Å². The third-order valence-corrected chi connectivity index (χ3v) is 1.92. The molecule has 0 radical (unpaired) electrons. The van der Waals surface area contributed by atoms with Crippen LogP contribution in [0.3, 0.4) is 0 Å². The molecule has 0 aromatic carbocycles. The van der Waals surface area contributed by atoms with Gasteiger partial charge in [0, 0.05) is 18.2 Å². The Morgan fingerprint density at radius 1 is 1.47 bits per heavy atom. The summed E-state index contributed by atoms with van der Waals surface area (Å²) in [5.41, 5.74) is 1.63. The molecule has 0 unspecified atom stereocenters. The molecular formula is C11H10N2O2. The van der Waals surface area contributed by atoms with Crippen LogP contribution in [0.5, 0.6) is 0 Å². The van der Waals surface area contributed by atoms with E-state index in [1.807, 2.05) is 12.1 Å². The van der Waals surface area contributed by atoms with Gasteiger partial charge in [0.15, 0.2) is 5.76 Å². The zero-order valence-electron chi connectivity index (χ0n) is 8.09. The summed E-state index contributed by atoms with van der Waals surface area (Å²) >= 11 is 0. The Labute approximate surface area is 87.5 Å². The molecule has 4 heteroatoms. The van der Waals surface area contributed by atoms with Gasteiger partial charge in [-0.2, -0.15) is 10.2 Å². The Morgan fingerprint density at radius 2 is 2.40 bits per heavy atom. The Hall–Kier alpha value is -2.10. The van der Waals surface area contributed by atoms with Crippen molar-refractivity contribution >= 4 is 5.57 Å². The minimum absolute atomic E-state index is 0.593. The van der Waals surface area contributed by atoms with Crippen molar-refractivity contribution in [1.82, 2.24) is 10.2 Å². The molecule has 0 N–H and O–H groups in total. The summed E-state index contributed by atoms with van der Waals surface area (Å²) in [6, 6.07) is 3.69. The van der Waals surface area contributed by atoms with Crippen molar-refractivity contribution < 1.29 is 9.78 Å². The van der Waals surface area contributed by atoms with E-state index < -0.39 is 0 Å². The first-order valence-electron chi connectivity index (χ1n) is 4.54. The highest BCUT2D eigenvalue weighted by Crippen LogP contribution is 2.24. The van der Waals surface area contributed by atoms with Gasteiger partial charge in [-0.25, -0.2) is 0 Å². The van der Waals surface area contributed by atoms with E-state index in [4.69, 9.17) is 9.78 Å². The van der Waals surface area contributed by atoms with Crippen molar-refractivity contribution in [3.05, 3.63) is 54.8 Å². The van der Waals surface area contributed by atoms with Gasteiger partial charge in [0.25, 0.3) is 0 Å². The molecule has 1 aromatic heterocycles. The largest absolute Gasteiger partial charge is 0.298 e. The minimum atomic E-state index is 0.593. The van der Waals surface area contributed by atoms with Gasteiger partial charge < -0.3 is 0 Å². The SMILES string of the molecule is C=CCC1=C(c2cccnn2)C=COO1. The molecule has 1 aromatic rings. The number of aromatic nitrogens is 2. The Morgan fingerprint density at radius 3 is 3.13 bits per heavy atom. The molecule has 15 heavy (non-hydrogen) atoms. The van der Waals surface area contributed by atoms with Gasteiger partial charge in [0.05, 0.1) is 5.69 Å². The summed E-state index contributed by atoms with van der Waals surface area (Å²) in [5, 5.41) is 7.82. The standard InChI is InChI=1S/C11H10N2O2/c1-2-4-11-9(6-8-14-15-11)10-5-3-7-12-13-10/h2-3,5-8H,1,4H2. The van der Waals surface area contributed by atoms with Crippen LogP contribution >= 0.6 is 0 Å². The lowest BCUT2D eigenvalue weighted by atomic mass is 10.1. The summed E-state index contributed by atoms with van der Waals surface area (Å²) in [6.07, 6.45) is 7.23. The van der Waals surface area contributed by atoms with Crippen molar-refractivity contribution in [2.75, 3.05) is 0 Å². The fourth-order valence-corrected chi connectivity index (χ4v) is 1.27. The lowest BCUT2D eigenvalue weighted by Gasteiger charge is -2.13. The number of nitrogens with zero attached hydrogens (tertiary/aromatic N) is 2. The molecule has 0 aliphatic carbocycles. The predicted octanol–water partition coefficient (Wildman–Crippen LogP) is 2.24. The summed E-state index contributed by atoms with van der Waals surface area (Å²) in [4.78, 5) is 9.79. The molecule has 0 amide bonds. The van der Waals surface area contributed by atoms with Gasteiger partial charge in [-0.1, -0.05) is 6.08 Å². The molecule has 0 saturated carbocycles. The highest BCUT2D eigenvalue weighted by molar-refractivity contribution is 5.73. The summed E-state index contributed by atoms with van der Waals surface area (Å²) in [6.45, 7) is 3.65. The van der Waals surface area contributed by atoms with Crippen LogP contribution < -0.4 is 0 Å². The van der Waals surface area contributed by atoms with E-state index in [0.717, 1.165) is 11.3 Å². The molecule has 2 rings (SSSR count). The van der Waals surface area contributed by atoms with E-state index >= 15 is 0 Å². The Balaban J connectivity index is 2.39. The zero-order valence-corrected chi connectivity index (χ0v) is 8.09. The summed E-state index contributed by atoms with van der Waals surface area (Å²) in [7, 11) is 0. The van der Waals surface area contributed by atoms with Gasteiger partial charge in [0.1, 0.15) is 6.26 Å². The molecule has 4 nitrogen and oxygen atoms in total. The predicted molar refractivity (Wildman–Crippen MR) is 55.1 cm³/mol. The van der Waals surface area contributed by atoms with Gasteiger partial charge in [0.2, 0.25) is 0 Å². The van der Waals surface area contributed by atoms with Crippen molar-refractivity contribution in [3.8, 4) is 0 Å². The Bertz CT molecular complexity index is 410. The van der Waals surface area contributed by atoms with E-state index in [0.29, 0.717) is 12.2 Å². The van der Waals surface area contributed by atoms with Gasteiger partial charge in [-0.15, -0.1) is 6.58 Å². The van der Waals surface area contributed by atoms with E-state index in [1.165, 1.54) is 6.26 Å². The van der Waals surface area contributed by atoms with Crippen LogP contribution in [0.4, 0.5) is 0 Å². The third kappa shape index (κ3) is 2.04. The smallest absolute Gasteiger partial charge is 0.168 e. The molecule has 0 saturated heterocycles. The van der Waals surface area contributed by atoms with Crippen molar-refractivity contribution in [2.24, 2.45) is 0 Å². The van der Waals surface area contributed by atoms with E-state index in [2.05, 4.69) is 16.8 Å². The molecule has 0 bridgehead atoms. The molecule has 1 aliphatic heterocycles. The van der Waals surface area contributed by atoms with Crippen molar-refractivity contribution in [2.45, 2.75) is 6.42 Å². The fraction of sp³-hybridized carbons (Fsp3) is 0.0909. The van der Waals surface area contributed by atoms with E-state index in [-0.39, 0.29) is 0 Å². The Kier molecular flexibility index (Phi) is 2.78. The zero-order chi connectivity index (χ0) is 10.5. The second-order valence-corrected chi connectivity index (χ2v) is 2.92. The number of hydrogen-bond acceptors (Lipinski definition) is 4. The first kappa shape index (κ1) is 9.45. The van der Waals surface area contributed by atoms with Crippen molar-refractivity contribution in [1.29, 1.82) is 0 Å². The van der Waals surface area contributed by atoms with Crippen LogP contribution in [0.1, 0.15) is 12.1 Å². The number of allylic oxidation sites excluding steroid dienone is 3. The first-order valence-corrected chi connectivity index (χ1v) is 4.54. The number of rotatable bonds is 3. The van der Waals surface area contributed by atoms with Crippen LogP contribution in [-0.4, -0.2) is 10.2 Å². The normalized spacial score (nSPS) is 14.4.